The second-order valence-electron chi connectivity index (χ2n) is 5.67. The summed E-state index contributed by atoms with van der Waals surface area (Å²) in [5.41, 5.74) is 0.915. The van der Waals surface area contributed by atoms with Gasteiger partial charge in [-0.15, -0.1) is 0 Å². The Morgan fingerprint density at radius 3 is 2.59 bits per heavy atom. The van der Waals surface area contributed by atoms with Crippen molar-refractivity contribution in [2.24, 2.45) is 0 Å². The van der Waals surface area contributed by atoms with Crippen molar-refractivity contribution in [1.29, 1.82) is 0 Å². The van der Waals surface area contributed by atoms with E-state index in [4.69, 9.17) is 0 Å². The van der Waals surface area contributed by atoms with E-state index < -0.39 is 5.60 Å². The van der Waals surface area contributed by atoms with Gasteiger partial charge < -0.3 is 20.1 Å². The smallest absolute Gasteiger partial charge is 0.272 e. The summed E-state index contributed by atoms with van der Waals surface area (Å²) < 4.78 is 0. The van der Waals surface area contributed by atoms with Crippen molar-refractivity contribution in [3.63, 3.8) is 0 Å². The highest BCUT2D eigenvalue weighted by molar-refractivity contribution is 5.98. The predicted octanol–water partition coefficient (Wildman–Crippen LogP) is 1.04. The van der Waals surface area contributed by atoms with Gasteiger partial charge in [0.1, 0.15) is 11.4 Å². The third kappa shape index (κ3) is 2.75. The van der Waals surface area contributed by atoms with Crippen LogP contribution in [0.2, 0.25) is 0 Å². The molecule has 1 aliphatic heterocycles. The van der Waals surface area contributed by atoms with Crippen molar-refractivity contribution < 1.29 is 15.0 Å². The maximum atomic E-state index is 12.7. The molecule has 0 spiro atoms. The number of nitrogens with zero attached hydrogens (tertiary/aromatic N) is 2. The summed E-state index contributed by atoms with van der Waals surface area (Å²) >= 11 is 0. The summed E-state index contributed by atoms with van der Waals surface area (Å²) in [5.74, 6) is -0.128. The summed E-state index contributed by atoms with van der Waals surface area (Å²) in [6.07, 6.45) is 2.28. The number of imidazole rings is 1. The van der Waals surface area contributed by atoms with Crippen LogP contribution in [0.1, 0.15) is 23.3 Å². The largest absolute Gasteiger partial charge is 0.393 e. The molecule has 0 bridgehead atoms. The molecular formula is C16H19N3O3. The third-order valence-corrected chi connectivity index (χ3v) is 4.18. The Hall–Kier alpha value is -2.18. The number of amides is 1. The van der Waals surface area contributed by atoms with Crippen LogP contribution in [-0.2, 0) is 0 Å². The van der Waals surface area contributed by atoms with Crippen LogP contribution in [0, 0.1) is 0 Å². The molecule has 0 saturated carbocycles. The number of likely N-dealkylation sites (tertiary alicyclic amines) is 1. The van der Waals surface area contributed by atoms with Crippen molar-refractivity contribution in [1.82, 2.24) is 14.9 Å². The van der Waals surface area contributed by atoms with Crippen LogP contribution >= 0.6 is 0 Å². The number of hydrogen-bond acceptors (Lipinski definition) is 4. The number of nitrogens with one attached hydrogen (secondary N) is 1. The van der Waals surface area contributed by atoms with Crippen molar-refractivity contribution >= 4 is 5.91 Å². The Labute approximate surface area is 128 Å². The molecule has 1 aromatic carbocycles. The van der Waals surface area contributed by atoms with Crippen molar-refractivity contribution in [3.8, 4) is 11.3 Å². The van der Waals surface area contributed by atoms with Gasteiger partial charge in [0, 0.05) is 18.7 Å². The summed E-state index contributed by atoms with van der Waals surface area (Å²) in [6, 6.07) is 9.54. The number of aliphatic hydroxyl groups excluding tert-OH is 1. The lowest BCUT2D eigenvalue weighted by Crippen LogP contribution is -2.48. The normalized spacial score (nSPS) is 17.5. The fourth-order valence-electron chi connectivity index (χ4n) is 2.71. The third-order valence-electron chi connectivity index (χ3n) is 4.18. The minimum absolute atomic E-state index is 0.128. The highest BCUT2D eigenvalue weighted by atomic mass is 16.3. The topological polar surface area (TPSA) is 89.5 Å². The number of H-pyrrole nitrogens is 1. The van der Waals surface area contributed by atoms with E-state index in [-0.39, 0.29) is 12.5 Å². The Kier molecular flexibility index (Phi) is 3.96. The lowest BCUT2D eigenvalue weighted by molar-refractivity contribution is -0.0546. The maximum Gasteiger partial charge on any atom is 0.272 e. The molecule has 22 heavy (non-hydrogen) atoms. The van der Waals surface area contributed by atoms with Crippen LogP contribution in [0.3, 0.4) is 0 Å². The molecule has 2 heterocycles. The van der Waals surface area contributed by atoms with E-state index in [2.05, 4.69) is 9.97 Å². The first-order chi connectivity index (χ1) is 10.6. The average Bonchev–Trinajstić information content (AvgIpc) is 3.05. The molecule has 116 valence electrons. The summed E-state index contributed by atoms with van der Waals surface area (Å²) in [6.45, 7) is 0.570. The number of hydrogen-bond donors (Lipinski definition) is 3. The van der Waals surface area contributed by atoms with E-state index in [1.54, 1.807) is 4.90 Å². The van der Waals surface area contributed by atoms with E-state index in [0.717, 1.165) is 5.56 Å². The van der Waals surface area contributed by atoms with Gasteiger partial charge in [-0.05, 0) is 12.8 Å². The highest BCUT2D eigenvalue weighted by Gasteiger charge is 2.34. The number of aliphatic hydroxyl groups is 2. The first-order valence-corrected chi connectivity index (χ1v) is 7.34. The SMILES string of the molecule is O=C(c1[nH]cnc1-c1ccccc1)N1CCC(O)(CO)CC1. The number of aromatic nitrogens is 2. The molecule has 0 unspecified atom stereocenters. The molecule has 1 amide bonds. The van der Waals surface area contributed by atoms with Crippen molar-refractivity contribution in [2.75, 3.05) is 19.7 Å². The van der Waals surface area contributed by atoms with E-state index in [9.17, 15) is 15.0 Å². The predicted molar refractivity (Wildman–Crippen MR) is 81.2 cm³/mol. The molecule has 1 aliphatic rings. The Balaban J connectivity index is 1.79. The van der Waals surface area contributed by atoms with Gasteiger partial charge >= 0.3 is 0 Å². The molecule has 1 aromatic heterocycles. The van der Waals surface area contributed by atoms with Crippen LogP contribution < -0.4 is 0 Å². The number of carbonyl (C=O) groups is 1. The Morgan fingerprint density at radius 1 is 1.27 bits per heavy atom. The number of carbonyl (C=O) groups excluding carboxylic acids is 1. The van der Waals surface area contributed by atoms with Gasteiger partial charge in [0.05, 0.1) is 18.5 Å². The van der Waals surface area contributed by atoms with Gasteiger partial charge in [0.15, 0.2) is 0 Å². The van der Waals surface area contributed by atoms with Gasteiger partial charge in [-0.3, -0.25) is 4.79 Å². The van der Waals surface area contributed by atoms with E-state index in [1.165, 1.54) is 6.33 Å². The molecule has 1 fully saturated rings. The molecule has 0 radical (unpaired) electrons. The molecule has 0 atom stereocenters. The molecule has 2 aromatic rings. The van der Waals surface area contributed by atoms with Gasteiger partial charge in [-0.1, -0.05) is 30.3 Å². The standard InChI is InChI=1S/C16H19N3O3/c20-10-16(22)6-8-19(9-7-16)15(21)14-13(17-11-18-14)12-4-2-1-3-5-12/h1-5,11,20,22H,6-10H2,(H,17,18). The van der Waals surface area contributed by atoms with Gasteiger partial charge in [-0.2, -0.15) is 0 Å². The zero-order valence-corrected chi connectivity index (χ0v) is 12.2. The number of piperidine rings is 1. The lowest BCUT2D eigenvalue weighted by atomic mass is 9.92. The average molecular weight is 301 g/mol. The second kappa shape index (κ2) is 5.90. The first kappa shape index (κ1) is 14.7. The molecule has 3 N–H and O–H groups in total. The molecule has 6 nitrogen and oxygen atoms in total. The fourth-order valence-corrected chi connectivity index (χ4v) is 2.71. The van der Waals surface area contributed by atoms with Crippen LogP contribution in [-0.4, -0.2) is 56.3 Å². The van der Waals surface area contributed by atoms with Crippen LogP contribution in [0.5, 0.6) is 0 Å². The molecular weight excluding hydrogens is 282 g/mol. The van der Waals surface area contributed by atoms with E-state index >= 15 is 0 Å². The monoisotopic (exact) mass is 301 g/mol. The number of rotatable bonds is 3. The van der Waals surface area contributed by atoms with Crippen LogP contribution in [0.15, 0.2) is 36.7 Å². The van der Waals surface area contributed by atoms with E-state index in [1.807, 2.05) is 30.3 Å². The summed E-state index contributed by atoms with van der Waals surface area (Å²) in [5, 5.41) is 19.2. The minimum atomic E-state index is -1.06. The Bertz CT molecular complexity index is 646. The first-order valence-electron chi connectivity index (χ1n) is 7.34. The molecule has 1 saturated heterocycles. The molecule has 3 rings (SSSR count). The zero-order valence-electron chi connectivity index (χ0n) is 12.2. The van der Waals surface area contributed by atoms with Crippen molar-refractivity contribution in [2.45, 2.75) is 18.4 Å². The molecule has 0 aliphatic carbocycles. The quantitative estimate of drug-likeness (QED) is 0.790. The highest BCUT2D eigenvalue weighted by Crippen LogP contribution is 2.25. The van der Waals surface area contributed by atoms with Crippen molar-refractivity contribution in [3.05, 3.63) is 42.4 Å². The van der Waals surface area contributed by atoms with Gasteiger partial charge in [0.2, 0.25) is 0 Å². The maximum absolute atomic E-state index is 12.7. The van der Waals surface area contributed by atoms with Crippen LogP contribution in [0.25, 0.3) is 11.3 Å². The lowest BCUT2D eigenvalue weighted by Gasteiger charge is -2.36. The zero-order chi connectivity index (χ0) is 15.6. The second-order valence-corrected chi connectivity index (χ2v) is 5.67. The number of benzene rings is 1. The Morgan fingerprint density at radius 2 is 1.95 bits per heavy atom. The summed E-state index contributed by atoms with van der Waals surface area (Å²) in [7, 11) is 0. The van der Waals surface area contributed by atoms with E-state index in [0.29, 0.717) is 37.3 Å². The van der Waals surface area contributed by atoms with Crippen LogP contribution in [0.4, 0.5) is 0 Å². The fraction of sp³-hybridized carbons (Fsp3) is 0.375. The van der Waals surface area contributed by atoms with Gasteiger partial charge in [-0.25, -0.2) is 4.98 Å². The number of aromatic amines is 1. The molecule has 6 heteroatoms. The summed E-state index contributed by atoms with van der Waals surface area (Å²) in [4.78, 5) is 21.5. The van der Waals surface area contributed by atoms with Gasteiger partial charge in [0.25, 0.3) is 5.91 Å². The minimum Gasteiger partial charge on any atom is -0.393 e.